The minimum atomic E-state index is -0.823. The number of ketones is 1. The SMILES string of the molecule is COc1c(F)cc(Cn2cc(CNc3nc(C)c4c(n3)N(C)[C@@H]([C@H](C)O)C(=O)C4)cn2)cc1F.S.S. The van der Waals surface area contributed by atoms with Gasteiger partial charge < -0.3 is 20.1 Å². The number of likely N-dealkylation sites (N-methyl/N-ethyl adjacent to an activating group) is 1. The topological polar surface area (TPSA) is 105 Å². The van der Waals surface area contributed by atoms with E-state index in [9.17, 15) is 18.7 Å². The predicted molar refractivity (Wildman–Crippen MR) is 142 cm³/mol. The van der Waals surface area contributed by atoms with Crippen LogP contribution in [-0.4, -0.2) is 56.9 Å². The number of aromatic nitrogens is 4. The first kappa shape index (κ1) is 29.3. The molecule has 3 heterocycles. The Morgan fingerprint density at radius 2 is 1.89 bits per heavy atom. The number of aryl methyl sites for hydroxylation is 1. The quantitative estimate of drug-likeness (QED) is 0.471. The number of rotatable bonds is 7. The maximum absolute atomic E-state index is 13.9. The number of benzene rings is 1. The predicted octanol–water partition coefficient (Wildman–Crippen LogP) is 2.47. The molecule has 1 aliphatic rings. The van der Waals surface area contributed by atoms with Crippen molar-refractivity contribution in [2.45, 2.75) is 45.5 Å². The maximum atomic E-state index is 13.9. The number of nitrogens with zero attached hydrogens (tertiary/aromatic N) is 5. The molecular weight excluding hydrogens is 510 g/mol. The second kappa shape index (κ2) is 11.9. The van der Waals surface area contributed by atoms with Crippen LogP contribution in [-0.2, 0) is 24.3 Å². The van der Waals surface area contributed by atoms with Gasteiger partial charge in [-0.25, -0.2) is 13.8 Å². The normalized spacial score (nSPS) is 15.5. The molecule has 0 saturated heterocycles. The van der Waals surface area contributed by atoms with Crippen molar-refractivity contribution in [2.24, 2.45) is 0 Å². The third-order valence-corrected chi connectivity index (χ3v) is 5.83. The fourth-order valence-corrected chi connectivity index (χ4v) is 4.23. The van der Waals surface area contributed by atoms with E-state index in [0.717, 1.165) is 11.1 Å². The zero-order chi connectivity index (χ0) is 24.6. The molecule has 2 aromatic heterocycles. The lowest BCUT2D eigenvalue weighted by molar-refractivity contribution is -0.122. The van der Waals surface area contributed by atoms with Gasteiger partial charge in [0.15, 0.2) is 23.2 Å². The standard InChI is InChI=1S/C23H26F2N6O3.2H2S/c1-12-16-7-19(33)20(13(2)32)30(3)22(16)29-23(28-12)26-8-15-9-27-31(11-15)10-14-5-17(24)21(34-4)18(25)6-14;;/h5-6,9,11,13,20,32H,7-8,10H2,1-4H3,(H,26,28,29);2*1H2/t13-,20-;;/m0../s1. The number of anilines is 2. The number of ether oxygens (including phenoxy) is 1. The summed E-state index contributed by atoms with van der Waals surface area (Å²) in [7, 11) is 2.95. The van der Waals surface area contributed by atoms with Crippen LogP contribution in [0.4, 0.5) is 20.5 Å². The van der Waals surface area contributed by atoms with Crippen molar-refractivity contribution in [3.05, 3.63) is 58.5 Å². The van der Waals surface area contributed by atoms with Crippen LogP contribution in [0.5, 0.6) is 5.75 Å². The highest BCUT2D eigenvalue weighted by Crippen LogP contribution is 2.30. The Hall–Kier alpha value is -2.90. The van der Waals surface area contributed by atoms with Gasteiger partial charge >= 0.3 is 0 Å². The second-order valence-electron chi connectivity index (χ2n) is 8.37. The average Bonchev–Trinajstić information content (AvgIpc) is 3.20. The Kier molecular flexibility index (Phi) is 9.69. The minimum absolute atomic E-state index is 0. The summed E-state index contributed by atoms with van der Waals surface area (Å²) in [5.74, 6) is -1.02. The van der Waals surface area contributed by atoms with Crippen molar-refractivity contribution in [2.75, 3.05) is 24.4 Å². The molecule has 36 heavy (non-hydrogen) atoms. The van der Waals surface area contributed by atoms with Gasteiger partial charge in [-0.2, -0.15) is 37.1 Å². The van der Waals surface area contributed by atoms with Gasteiger partial charge in [-0.15, -0.1) is 0 Å². The molecular formula is C23H30F2N6O3S2. The lowest BCUT2D eigenvalue weighted by Gasteiger charge is -2.35. The van der Waals surface area contributed by atoms with E-state index in [2.05, 4.69) is 20.4 Å². The number of fused-ring (bicyclic) bond motifs is 1. The first-order valence-corrected chi connectivity index (χ1v) is 10.8. The van der Waals surface area contributed by atoms with Crippen molar-refractivity contribution in [3.8, 4) is 5.75 Å². The fraction of sp³-hybridized carbons (Fsp3) is 0.391. The van der Waals surface area contributed by atoms with Crippen molar-refractivity contribution < 1.29 is 23.4 Å². The van der Waals surface area contributed by atoms with E-state index in [-0.39, 0.29) is 45.7 Å². The molecule has 0 bridgehead atoms. The number of carbonyl (C=O) groups is 1. The van der Waals surface area contributed by atoms with E-state index in [4.69, 9.17) is 4.74 Å². The zero-order valence-corrected chi connectivity index (χ0v) is 22.3. The van der Waals surface area contributed by atoms with Gasteiger partial charge in [-0.1, -0.05) is 0 Å². The third kappa shape index (κ3) is 5.90. The summed E-state index contributed by atoms with van der Waals surface area (Å²) in [6.07, 6.45) is 2.76. The molecule has 2 N–H and O–H groups in total. The number of hydrogen-bond donors (Lipinski definition) is 2. The van der Waals surface area contributed by atoms with Crippen LogP contribution in [0.3, 0.4) is 0 Å². The number of Topliss-reactive ketones (excluding diaryl/α,β-unsaturated/α-hetero) is 1. The number of aliphatic hydroxyl groups is 1. The van der Waals surface area contributed by atoms with E-state index in [1.54, 1.807) is 35.9 Å². The number of carbonyl (C=O) groups excluding carboxylic acids is 1. The fourth-order valence-electron chi connectivity index (χ4n) is 4.23. The van der Waals surface area contributed by atoms with Gasteiger partial charge in [0, 0.05) is 43.0 Å². The smallest absolute Gasteiger partial charge is 0.225 e. The summed E-state index contributed by atoms with van der Waals surface area (Å²) in [5.41, 5.74) is 2.67. The summed E-state index contributed by atoms with van der Waals surface area (Å²) in [6, 6.07) is 1.78. The Morgan fingerprint density at radius 3 is 2.50 bits per heavy atom. The number of hydrogen-bond acceptors (Lipinski definition) is 8. The number of aliphatic hydroxyl groups excluding tert-OH is 1. The summed E-state index contributed by atoms with van der Waals surface area (Å²) < 4.78 is 34.2. The molecule has 196 valence electrons. The zero-order valence-electron chi connectivity index (χ0n) is 20.3. The molecule has 1 aromatic carbocycles. The van der Waals surface area contributed by atoms with Gasteiger partial charge in [0.25, 0.3) is 0 Å². The van der Waals surface area contributed by atoms with Crippen LogP contribution >= 0.6 is 27.0 Å². The second-order valence-corrected chi connectivity index (χ2v) is 8.37. The number of methoxy groups -OCH3 is 1. The molecule has 0 spiro atoms. The summed E-state index contributed by atoms with van der Waals surface area (Å²) >= 11 is 0. The van der Waals surface area contributed by atoms with Gasteiger partial charge in [0.2, 0.25) is 5.95 Å². The van der Waals surface area contributed by atoms with Gasteiger partial charge in [-0.3, -0.25) is 9.48 Å². The lowest BCUT2D eigenvalue weighted by atomic mass is 9.94. The van der Waals surface area contributed by atoms with E-state index in [0.29, 0.717) is 29.6 Å². The van der Waals surface area contributed by atoms with Crippen LogP contribution < -0.4 is 15.0 Å². The highest BCUT2D eigenvalue weighted by molar-refractivity contribution is 7.59. The number of halogens is 2. The van der Waals surface area contributed by atoms with Crippen molar-refractivity contribution in [3.63, 3.8) is 0 Å². The van der Waals surface area contributed by atoms with E-state index in [1.807, 2.05) is 6.92 Å². The first-order valence-electron chi connectivity index (χ1n) is 10.8. The molecule has 4 rings (SSSR count). The summed E-state index contributed by atoms with van der Waals surface area (Å²) in [6.45, 7) is 3.96. The van der Waals surface area contributed by atoms with E-state index >= 15 is 0 Å². The Labute approximate surface area is 221 Å². The monoisotopic (exact) mass is 540 g/mol. The summed E-state index contributed by atoms with van der Waals surface area (Å²) in [5, 5.41) is 17.4. The number of nitrogens with one attached hydrogen (secondary N) is 1. The van der Waals surface area contributed by atoms with Gasteiger partial charge in [0.1, 0.15) is 11.9 Å². The third-order valence-electron chi connectivity index (χ3n) is 5.83. The van der Waals surface area contributed by atoms with E-state index < -0.39 is 29.5 Å². The molecule has 13 heteroatoms. The van der Waals surface area contributed by atoms with Gasteiger partial charge in [0.05, 0.1) is 26.0 Å². The van der Waals surface area contributed by atoms with Crippen LogP contribution in [0.15, 0.2) is 24.5 Å². The van der Waals surface area contributed by atoms with Crippen molar-refractivity contribution in [1.29, 1.82) is 0 Å². The molecule has 0 fully saturated rings. The minimum Gasteiger partial charge on any atom is -0.491 e. The Balaban J connectivity index is 0.00000228. The molecule has 1 aliphatic heterocycles. The highest BCUT2D eigenvalue weighted by Gasteiger charge is 2.36. The van der Waals surface area contributed by atoms with Gasteiger partial charge in [-0.05, 0) is 31.5 Å². The molecule has 0 saturated carbocycles. The molecule has 0 aliphatic carbocycles. The van der Waals surface area contributed by atoms with Crippen LogP contribution in [0.2, 0.25) is 0 Å². The molecule has 0 radical (unpaired) electrons. The molecule has 0 unspecified atom stereocenters. The maximum Gasteiger partial charge on any atom is 0.225 e. The van der Waals surface area contributed by atoms with Crippen molar-refractivity contribution >= 4 is 44.5 Å². The molecule has 3 aromatic rings. The first-order chi connectivity index (χ1) is 16.2. The molecule has 9 nitrogen and oxygen atoms in total. The average molecular weight is 541 g/mol. The van der Waals surface area contributed by atoms with Crippen LogP contribution in [0, 0.1) is 18.6 Å². The van der Waals surface area contributed by atoms with Crippen LogP contribution in [0.1, 0.15) is 29.3 Å². The highest BCUT2D eigenvalue weighted by atomic mass is 32.1. The molecule has 0 amide bonds. The Morgan fingerprint density at radius 1 is 1.22 bits per heavy atom. The van der Waals surface area contributed by atoms with Crippen molar-refractivity contribution in [1.82, 2.24) is 19.7 Å². The lowest BCUT2D eigenvalue weighted by Crippen LogP contribution is -2.50. The van der Waals surface area contributed by atoms with Crippen LogP contribution in [0.25, 0.3) is 0 Å². The Bertz CT molecular complexity index is 1220. The molecule has 2 atom stereocenters. The van der Waals surface area contributed by atoms with E-state index in [1.165, 1.54) is 19.2 Å². The largest absolute Gasteiger partial charge is 0.491 e. The summed E-state index contributed by atoms with van der Waals surface area (Å²) in [4.78, 5) is 23.2.